The van der Waals surface area contributed by atoms with Crippen molar-refractivity contribution in [1.82, 2.24) is 4.90 Å². The first-order valence-electron chi connectivity index (χ1n) is 8.30. The van der Waals surface area contributed by atoms with Crippen LogP contribution in [0.25, 0.3) is 0 Å². The molecule has 1 aromatic heterocycles. The van der Waals surface area contributed by atoms with Crippen LogP contribution in [0.4, 0.5) is 4.39 Å². The Morgan fingerprint density at radius 2 is 2.08 bits per heavy atom. The molecule has 0 bridgehead atoms. The zero-order chi connectivity index (χ0) is 17.8. The lowest BCUT2D eigenvalue weighted by Crippen LogP contribution is -2.41. The fraction of sp³-hybridized carbons (Fsp3) is 0.368. The Hall–Kier alpha value is -2.21. The minimum atomic E-state index is -0.289. The molecule has 0 spiro atoms. The van der Waals surface area contributed by atoms with Crippen molar-refractivity contribution in [3.63, 3.8) is 0 Å². The van der Waals surface area contributed by atoms with E-state index in [1.807, 2.05) is 4.90 Å². The predicted molar refractivity (Wildman–Crippen MR) is 94.8 cm³/mol. The Kier molecular flexibility index (Phi) is 5.48. The Morgan fingerprint density at radius 3 is 2.76 bits per heavy atom. The third-order valence-corrected chi connectivity index (χ3v) is 5.33. The maximum atomic E-state index is 12.9. The number of ether oxygens (including phenoxy) is 1. The molecule has 1 aliphatic heterocycles. The van der Waals surface area contributed by atoms with Crippen molar-refractivity contribution in [2.45, 2.75) is 19.8 Å². The second-order valence-electron chi connectivity index (χ2n) is 6.28. The van der Waals surface area contributed by atoms with E-state index in [2.05, 4.69) is 0 Å². The summed E-state index contributed by atoms with van der Waals surface area (Å²) in [7, 11) is 0. The average molecular weight is 361 g/mol. The van der Waals surface area contributed by atoms with Crippen molar-refractivity contribution >= 4 is 23.0 Å². The number of hydrogen-bond acceptors (Lipinski definition) is 4. The van der Waals surface area contributed by atoms with E-state index in [1.165, 1.54) is 30.4 Å². The maximum Gasteiger partial charge on any atom is 0.254 e. The van der Waals surface area contributed by atoms with Gasteiger partial charge < -0.3 is 9.64 Å². The lowest BCUT2D eigenvalue weighted by atomic mass is 9.98. The number of Topliss-reactive ketones (excluding diaryl/α,β-unsaturated/α-hetero) is 1. The fourth-order valence-electron chi connectivity index (χ4n) is 2.95. The van der Waals surface area contributed by atoms with Crippen molar-refractivity contribution < 1.29 is 18.7 Å². The van der Waals surface area contributed by atoms with Gasteiger partial charge in [0.1, 0.15) is 11.6 Å². The number of piperidine rings is 1. The molecule has 6 heteroatoms. The molecule has 3 rings (SSSR count). The van der Waals surface area contributed by atoms with Crippen molar-refractivity contribution in [2.75, 3.05) is 19.7 Å². The Bertz CT molecular complexity index is 756. The smallest absolute Gasteiger partial charge is 0.254 e. The molecule has 0 N–H and O–H groups in total. The lowest BCUT2D eigenvalue weighted by Gasteiger charge is -2.32. The molecule has 1 saturated heterocycles. The number of thiophene rings is 1. The highest BCUT2D eigenvalue weighted by Crippen LogP contribution is 2.23. The van der Waals surface area contributed by atoms with Crippen molar-refractivity contribution in [3.05, 3.63) is 52.0 Å². The second kappa shape index (κ2) is 7.78. The molecule has 4 nitrogen and oxygen atoms in total. The van der Waals surface area contributed by atoms with Gasteiger partial charge in [0.25, 0.3) is 5.91 Å². The van der Waals surface area contributed by atoms with Gasteiger partial charge in [0.2, 0.25) is 0 Å². The molecule has 1 amide bonds. The molecule has 1 fully saturated rings. The molecule has 132 valence electrons. The van der Waals surface area contributed by atoms with E-state index < -0.39 is 0 Å². The number of rotatable bonds is 5. The van der Waals surface area contributed by atoms with Gasteiger partial charge >= 0.3 is 0 Å². The van der Waals surface area contributed by atoms with Crippen LogP contribution in [0.15, 0.2) is 35.7 Å². The molecule has 1 atom stereocenters. The molecule has 25 heavy (non-hydrogen) atoms. The van der Waals surface area contributed by atoms with Gasteiger partial charge in [-0.25, -0.2) is 4.39 Å². The number of carbonyl (C=O) groups is 2. The van der Waals surface area contributed by atoms with E-state index in [0.717, 1.165) is 19.4 Å². The van der Waals surface area contributed by atoms with Crippen LogP contribution in [-0.4, -0.2) is 36.3 Å². The van der Waals surface area contributed by atoms with E-state index in [4.69, 9.17) is 4.74 Å². The van der Waals surface area contributed by atoms with Crippen molar-refractivity contribution in [2.24, 2.45) is 5.92 Å². The van der Waals surface area contributed by atoms with Crippen molar-refractivity contribution in [3.8, 4) is 5.75 Å². The standard InChI is InChI=1S/C19H20FNO3S/c1-13(22)18-9-15(12-25-18)19(23)21-8-2-3-14(10-21)11-24-17-6-4-16(20)5-7-17/h4-7,9,12,14H,2-3,8,10-11H2,1H3/t14-/m1/s1. The van der Waals surface area contributed by atoms with Crippen LogP contribution in [0, 0.1) is 11.7 Å². The van der Waals surface area contributed by atoms with E-state index >= 15 is 0 Å². The summed E-state index contributed by atoms with van der Waals surface area (Å²) in [4.78, 5) is 26.5. The quantitative estimate of drug-likeness (QED) is 0.756. The number of ketones is 1. The highest BCUT2D eigenvalue weighted by molar-refractivity contribution is 7.12. The van der Waals surface area contributed by atoms with Gasteiger partial charge in [-0.1, -0.05) is 0 Å². The molecular weight excluding hydrogens is 341 g/mol. The van der Waals surface area contributed by atoms with Crippen LogP contribution >= 0.6 is 11.3 Å². The summed E-state index contributed by atoms with van der Waals surface area (Å²) in [5.74, 6) is 0.536. The zero-order valence-corrected chi connectivity index (χ0v) is 14.9. The van der Waals surface area contributed by atoms with Gasteiger partial charge in [0.05, 0.1) is 17.0 Å². The number of hydrogen-bond donors (Lipinski definition) is 0. The molecule has 0 saturated carbocycles. The zero-order valence-electron chi connectivity index (χ0n) is 14.0. The molecule has 2 heterocycles. The van der Waals surface area contributed by atoms with E-state index in [1.54, 1.807) is 23.6 Å². The van der Waals surface area contributed by atoms with Gasteiger partial charge in [-0.15, -0.1) is 11.3 Å². The largest absolute Gasteiger partial charge is 0.493 e. The molecule has 1 aromatic carbocycles. The highest BCUT2D eigenvalue weighted by Gasteiger charge is 2.25. The third kappa shape index (κ3) is 4.45. The van der Waals surface area contributed by atoms with Crippen LogP contribution in [-0.2, 0) is 0 Å². The van der Waals surface area contributed by atoms with Crippen LogP contribution < -0.4 is 4.74 Å². The summed E-state index contributed by atoms with van der Waals surface area (Å²) in [5, 5.41) is 1.75. The molecule has 0 aliphatic carbocycles. The molecular formula is C19H20FNO3S. The van der Waals surface area contributed by atoms with Crippen LogP contribution in [0.5, 0.6) is 5.75 Å². The molecule has 0 radical (unpaired) electrons. The second-order valence-corrected chi connectivity index (χ2v) is 7.19. The monoisotopic (exact) mass is 361 g/mol. The van der Waals surface area contributed by atoms with Crippen molar-refractivity contribution in [1.29, 1.82) is 0 Å². The average Bonchev–Trinajstić information content (AvgIpc) is 3.11. The molecule has 2 aromatic rings. The third-order valence-electron chi connectivity index (χ3n) is 4.30. The Balaban J connectivity index is 1.57. The van der Waals surface area contributed by atoms with Crippen LogP contribution in [0.1, 0.15) is 39.8 Å². The topological polar surface area (TPSA) is 46.6 Å². The van der Waals surface area contributed by atoms with Gasteiger partial charge in [-0.05, 0) is 50.1 Å². The van der Waals surface area contributed by atoms with Gasteiger partial charge in [0.15, 0.2) is 5.78 Å². The minimum Gasteiger partial charge on any atom is -0.493 e. The first-order valence-corrected chi connectivity index (χ1v) is 9.18. The number of halogens is 1. The van der Waals surface area contributed by atoms with E-state index in [-0.39, 0.29) is 23.4 Å². The van der Waals surface area contributed by atoms with E-state index in [0.29, 0.717) is 29.3 Å². The van der Waals surface area contributed by atoms with Crippen LogP contribution in [0.2, 0.25) is 0 Å². The summed E-state index contributed by atoms with van der Waals surface area (Å²) in [6.45, 7) is 3.35. The van der Waals surface area contributed by atoms with Gasteiger partial charge in [-0.3, -0.25) is 9.59 Å². The summed E-state index contributed by atoms with van der Waals surface area (Å²) in [6.07, 6.45) is 1.92. The summed E-state index contributed by atoms with van der Waals surface area (Å²) in [6, 6.07) is 7.63. The van der Waals surface area contributed by atoms with Gasteiger partial charge in [0, 0.05) is 24.4 Å². The van der Waals surface area contributed by atoms with E-state index in [9.17, 15) is 14.0 Å². The molecule has 1 aliphatic rings. The first-order chi connectivity index (χ1) is 12.0. The lowest BCUT2D eigenvalue weighted by molar-refractivity contribution is 0.0634. The fourth-order valence-corrected chi connectivity index (χ4v) is 3.73. The Labute approximate surface area is 150 Å². The molecule has 0 unspecified atom stereocenters. The normalized spacial score (nSPS) is 17.4. The number of likely N-dealkylation sites (tertiary alicyclic amines) is 1. The SMILES string of the molecule is CC(=O)c1cc(C(=O)N2CCC[C@@H](COc3ccc(F)cc3)C2)cs1. The predicted octanol–water partition coefficient (Wildman–Crippen LogP) is 4.02. The van der Waals surface area contributed by atoms with Gasteiger partial charge in [-0.2, -0.15) is 0 Å². The summed E-state index contributed by atoms with van der Waals surface area (Å²) in [5.41, 5.74) is 0.579. The number of amides is 1. The summed E-state index contributed by atoms with van der Waals surface area (Å²) >= 11 is 1.31. The first kappa shape index (κ1) is 17.6. The summed E-state index contributed by atoms with van der Waals surface area (Å²) < 4.78 is 18.6. The minimum absolute atomic E-state index is 0.0201. The number of benzene rings is 1. The number of carbonyl (C=O) groups excluding carboxylic acids is 2. The Morgan fingerprint density at radius 1 is 1.32 bits per heavy atom. The number of nitrogens with zero attached hydrogens (tertiary/aromatic N) is 1. The maximum absolute atomic E-state index is 12.9. The van der Waals surface area contributed by atoms with Crippen LogP contribution in [0.3, 0.4) is 0 Å². The highest BCUT2D eigenvalue weighted by atomic mass is 32.1.